The Hall–Kier alpha value is -3.85. The van der Waals surface area contributed by atoms with Crippen molar-refractivity contribution >= 4 is 50.7 Å². The Morgan fingerprint density at radius 1 is 0.822 bits per heavy atom. The van der Waals surface area contributed by atoms with Gasteiger partial charge in [-0.05, 0) is 54.8 Å². The predicted molar refractivity (Wildman–Crippen MR) is 181 cm³/mol. The van der Waals surface area contributed by atoms with Gasteiger partial charge < -0.3 is 10.2 Å². The fourth-order valence-corrected chi connectivity index (χ4v) is 7.01. The third kappa shape index (κ3) is 8.66. The molecule has 0 bridgehead atoms. The predicted octanol–water partition coefficient (Wildman–Crippen LogP) is 7.05. The van der Waals surface area contributed by atoms with Gasteiger partial charge >= 0.3 is 0 Å². The fraction of sp³-hybridized carbons (Fsp3) is 0.257. The van der Waals surface area contributed by atoms with E-state index in [4.69, 9.17) is 23.2 Å². The van der Waals surface area contributed by atoms with Crippen molar-refractivity contribution in [2.45, 2.75) is 50.6 Å². The molecule has 0 radical (unpaired) electrons. The Bertz CT molecular complexity index is 1680. The highest BCUT2D eigenvalue weighted by Gasteiger charge is 2.35. The van der Waals surface area contributed by atoms with Crippen molar-refractivity contribution in [1.82, 2.24) is 10.2 Å². The van der Waals surface area contributed by atoms with Crippen LogP contribution in [0.3, 0.4) is 0 Å². The van der Waals surface area contributed by atoms with Crippen LogP contribution in [-0.2, 0) is 32.6 Å². The molecule has 0 spiro atoms. The summed E-state index contributed by atoms with van der Waals surface area (Å²) in [4.78, 5) is 29.9. The SMILES string of the molecule is CCCCNC(=O)[C@H](Cc1ccccc1)N(Cc1c(Cl)cccc1Cl)C(=O)CN(c1ccccc1C)S(=O)(=O)c1ccccc1. The molecule has 2 amide bonds. The monoisotopic (exact) mass is 665 g/mol. The highest BCUT2D eigenvalue weighted by atomic mass is 35.5. The van der Waals surface area contributed by atoms with E-state index in [-0.39, 0.29) is 23.8 Å². The van der Waals surface area contributed by atoms with Gasteiger partial charge in [-0.1, -0.05) is 109 Å². The number of hydrogen-bond acceptors (Lipinski definition) is 4. The number of hydrogen-bond donors (Lipinski definition) is 1. The van der Waals surface area contributed by atoms with Gasteiger partial charge in [-0.25, -0.2) is 8.42 Å². The Kier molecular flexibility index (Phi) is 12.0. The molecule has 0 saturated heterocycles. The first-order chi connectivity index (χ1) is 21.6. The third-order valence-electron chi connectivity index (χ3n) is 7.49. The van der Waals surface area contributed by atoms with Crippen molar-refractivity contribution in [3.63, 3.8) is 0 Å². The van der Waals surface area contributed by atoms with Crippen molar-refractivity contribution in [2.24, 2.45) is 0 Å². The van der Waals surface area contributed by atoms with Crippen LogP contribution in [0.5, 0.6) is 0 Å². The van der Waals surface area contributed by atoms with Crippen molar-refractivity contribution in [3.05, 3.63) is 130 Å². The lowest BCUT2D eigenvalue weighted by atomic mass is 10.0. The zero-order chi connectivity index (χ0) is 32.4. The number of carbonyl (C=O) groups is 2. The average Bonchev–Trinajstić information content (AvgIpc) is 3.04. The fourth-order valence-electron chi connectivity index (χ4n) is 4.99. The molecule has 4 rings (SSSR count). The van der Waals surface area contributed by atoms with E-state index < -0.39 is 28.5 Å². The quantitative estimate of drug-likeness (QED) is 0.146. The van der Waals surface area contributed by atoms with E-state index in [1.54, 1.807) is 67.6 Å². The lowest BCUT2D eigenvalue weighted by Gasteiger charge is -2.34. The molecule has 1 atom stereocenters. The van der Waals surface area contributed by atoms with E-state index in [2.05, 4.69) is 5.32 Å². The number of halogens is 2. The molecule has 236 valence electrons. The number of rotatable bonds is 14. The van der Waals surface area contributed by atoms with Crippen molar-refractivity contribution < 1.29 is 18.0 Å². The summed E-state index contributed by atoms with van der Waals surface area (Å²) in [5.74, 6) is -0.933. The molecule has 0 aromatic heterocycles. The number of sulfonamides is 1. The lowest BCUT2D eigenvalue weighted by Crippen LogP contribution is -2.53. The number of unbranched alkanes of at least 4 members (excludes halogenated alkanes) is 1. The van der Waals surface area contributed by atoms with Crippen LogP contribution >= 0.6 is 23.2 Å². The van der Waals surface area contributed by atoms with Crippen LogP contribution < -0.4 is 9.62 Å². The molecule has 4 aromatic rings. The summed E-state index contributed by atoms with van der Waals surface area (Å²) in [6.07, 6.45) is 1.84. The Morgan fingerprint density at radius 2 is 1.42 bits per heavy atom. The number of benzene rings is 4. The molecule has 4 aromatic carbocycles. The minimum absolute atomic E-state index is 0.0416. The number of amides is 2. The van der Waals surface area contributed by atoms with E-state index in [1.807, 2.05) is 37.3 Å². The van der Waals surface area contributed by atoms with Crippen molar-refractivity contribution in [1.29, 1.82) is 0 Å². The van der Waals surface area contributed by atoms with Crippen molar-refractivity contribution in [3.8, 4) is 0 Å². The van der Waals surface area contributed by atoms with Gasteiger partial charge in [0.1, 0.15) is 12.6 Å². The summed E-state index contributed by atoms with van der Waals surface area (Å²) in [5, 5.41) is 3.64. The minimum Gasteiger partial charge on any atom is -0.354 e. The van der Waals surface area contributed by atoms with Crippen LogP contribution in [0.25, 0.3) is 0 Å². The van der Waals surface area contributed by atoms with Gasteiger partial charge in [0.15, 0.2) is 0 Å². The van der Waals surface area contributed by atoms with Crippen LogP contribution in [0.15, 0.2) is 108 Å². The maximum Gasteiger partial charge on any atom is 0.264 e. The summed E-state index contributed by atoms with van der Waals surface area (Å²) < 4.78 is 29.3. The minimum atomic E-state index is -4.18. The van der Waals surface area contributed by atoms with E-state index in [0.717, 1.165) is 22.7 Å². The summed E-state index contributed by atoms with van der Waals surface area (Å²) in [6.45, 7) is 3.58. The molecule has 0 aliphatic carbocycles. The second-order valence-electron chi connectivity index (χ2n) is 10.7. The smallest absolute Gasteiger partial charge is 0.264 e. The number of nitrogens with one attached hydrogen (secondary N) is 1. The van der Waals surface area contributed by atoms with Crippen LogP contribution in [0.2, 0.25) is 10.0 Å². The molecule has 0 aliphatic heterocycles. The van der Waals surface area contributed by atoms with Crippen LogP contribution in [0.4, 0.5) is 5.69 Å². The standard InChI is InChI=1S/C35H37Cl2N3O4S/c1-3-4-22-38-35(42)33(23-27-15-7-5-8-16-27)39(24-29-30(36)19-13-20-31(29)37)34(41)25-40(32-21-12-11-14-26(32)2)45(43,44)28-17-9-6-10-18-28/h5-21,33H,3-4,22-25H2,1-2H3,(H,38,42)/t33-/m0/s1. The summed E-state index contributed by atoms with van der Waals surface area (Å²) in [7, 11) is -4.18. The lowest BCUT2D eigenvalue weighted by molar-refractivity contribution is -0.140. The first kappa shape index (κ1) is 34.0. The summed E-state index contributed by atoms with van der Waals surface area (Å²) in [6, 6.07) is 28.4. The van der Waals surface area contributed by atoms with Crippen LogP contribution in [0, 0.1) is 6.92 Å². The molecule has 0 unspecified atom stereocenters. The molecule has 0 aliphatic rings. The van der Waals surface area contributed by atoms with E-state index in [9.17, 15) is 18.0 Å². The topological polar surface area (TPSA) is 86.8 Å². The van der Waals surface area contributed by atoms with E-state index >= 15 is 0 Å². The molecule has 45 heavy (non-hydrogen) atoms. The first-order valence-corrected chi connectivity index (χ1v) is 17.0. The molecule has 10 heteroatoms. The maximum atomic E-state index is 14.6. The molecule has 7 nitrogen and oxygen atoms in total. The average molecular weight is 667 g/mol. The number of anilines is 1. The first-order valence-electron chi connectivity index (χ1n) is 14.8. The Morgan fingerprint density at radius 3 is 2.04 bits per heavy atom. The van der Waals surface area contributed by atoms with Gasteiger partial charge in [-0.2, -0.15) is 0 Å². The number of aryl methyl sites for hydroxylation is 1. The molecule has 0 fully saturated rings. The van der Waals surface area contributed by atoms with Gasteiger partial charge in [-0.15, -0.1) is 0 Å². The number of carbonyl (C=O) groups excluding carboxylic acids is 2. The maximum absolute atomic E-state index is 14.6. The number of para-hydroxylation sites is 1. The second-order valence-corrected chi connectivity index (χ2v) is 13.4. The molecule has 1 N–H and O–H groups in total. The molecule has 0 heterocycles. The zero-order valence-electron chi connectivity index (χ0n) is 25.3. The Balaban J connectivity index is 1.82. The number of nitrogens with zero attached hydrogens (tertiary/aromatic N) is 2. The molecular weight excluding hydrogens is 629 g/mol. The largest absolute Gasteiger partial charge is 0.354 e. The second kappa shape index (κ2) is 15.9. The van der Waals surface area contributed by atoms with Gasteiger partial charge in [-0.3, -0.25) is 13.9 Å². The summed E-state index contributed by atoms with van der Waals surface area (Å²) in [5.41, 5.74) is 2.33. The Labute approximate surface area is 275 Å². The third-order valence-corrected chi connectivity index (χ3v) is 9.97. The van der Waals surface area contributed by atoms with E-state index in [1.165, 1.54) is 17.0 Å². The van der Waals surface area contributed by atoms with Gasteiger partial charge in [0.05, 0.1) is 10.6 Å². The van der Waals surface area contributed by atoms with Crippen LogP contribution in [-0.4, -0.2) is 44.3 Å². The summed E-state index contributed by atoms with van der Waals surface area (Å²) >= 11 is 13.1. The van der Waals surface area contributed by atoms with Gasteiger partial charge in [0.25, 0.3) is 10.0 Å². The molecular formula is C35H37Cl2N3O4S. The van der Waals surface area contributed by atoms with Crippen LogP contribution in [0.1, 0.15) is 36.5 Å². The zero-order valence-corrected chi connectivity index (χ0v) is 27.7. The van der Waals surface area contributed by atoms with E-state index in [0.29, 0.717) is 33.4 Å². The van der Waals surface area contributed by atoms with Gasteiger partial charge in [0, 0.05) is 35.1 Å². The molecule has 0 saturated carbocycles. The van der Waals surface area contributed by atoms with Crippen molar-refractivity contribution in [2.75, 3.05) is 17.4 Å². The van der Waals surface area contributed by atoms with Gasteiger partial charge in [0.2, 0.25) is 11.8 Å². The highest BCUT2D eigenvalue weighted by molar-refractivity contribution is 7.92. The highest BCUT2D eigenvalue weighted by Crippen LogP contribution is 2.30. The normalized spacial score (nSPS) is 11.9.